The van der Waals surface area contributed by atoms with Crippen molar-refractivity contribution in [3.63, 3.8) is 0 Å². The highest BCUT2D eigenvalue weighted by Gasteiger charge is 2.09. The van der Waals surface area contributed by atoms with Gasteiger partial charge in [-0.2, -0.15) is 0 Å². The topological polar surface area (TPSA) is 58.1 Å². The van der Waals surface area contributed by atoms with Crippen LogP contribution in [0.2, 0.25) is 0 Å². The van der Waals surface area contributed by atoms with Gasteiger partial charge in [-0.3, -0.25) is 9.89 Å². The van der Waals surface area contributed by atoms with Crippen LogP contribution < -0.4 is 15.4 Å². The van der Waals surface area contributed by atoms with E-state index in [1.807, 2.05) is 12.1 Å². The SMILES string of the molecule is CN=C(NCCCOc1ccc(C)cc1)NCCN1CCOCC1.I. The third kappa shape index (κ3) is 9.27. The Labute approximate surface area is 168 Å². The van der Waals surface area contributed by atoms with Crippen molar-refractivity contribution >= 4 is 29.9 Å². The molecule has 2 rings (SSSR count). The zero-order valence-corrected chi connectivity index (χ0v) is 17.6. The number of aryl methyl sites for hydroxylation is 1. The van der Waals surface area contributed by atoms with E-state index in [0.717, 1.165) is 64.1 Å². The van der Waals surface area contributed by atoms with Crippen molar-refractivity contribution in [1.82, 2.24) is 15.5 Å². The minimum Gasteiger partial charge on any atom is -0.494 e. The summed E-state index contributed by atoms with van der Waals surface area (Å²) in [7, 11) is 1.80. The van der Waals surface area contributed by atoms with Crippen LogP contribution >= 0.6 is 24.0 Å². The lowest BCUT2D eigenvalue weighted by Gasteiger charge is -2.26. The summed E-state index contributed by atoms with van der Waals surface area (Å²) in [6.45, 7) is 9.23. The molecule has 6 nitrogen and oxygen atoms in total. The van der Waals surface area contributed by atoms with Gasteiger partial charge < -0.3 is 20.1 Å². The second-order valence-electron chi connectivity index (χ2n) is 5.89. The molecule has 0 aromatic heterocycles. The molecule has 0 saturated carbocycles. The Balaban J connectivity index is 0.00000312. The second kappa shape index (κ2) is 13.2. The van der Waals surface area contributed by atoms with Gasteiger partial charge in [-0.25, -0.2) is 0 Å². The van der Waals surface area contributed by atoms with Crippen LogP contribution in [-0.2, 0) is 4.74 Å². The maximum Gasteiger partial charge on any atom is 0.191 e. The van der Waals surface area contributed by atoms with E-state index in [1.165, 1.54) is 5.56 Å². The Morgan fingerprint density at radius 3 is 2.52 bits per heavy atom. The van der Waals surface area contributed by atoms with Crippen molar-refractivity contribution in [2.24, 2.45) is 4.99 Å². The first-order chi connectivity index (χ1) is 11.8. The quantitative estimate of drug-likeness (QED) is 0.268. The maximum absolute atomic E-state index is 5.72. The average Bonchev–Trinajstić information content (AvgIpc) is 2.62. The Morgan fingerprint density at radius 2 is 1.84 bits per heavy atom. The number of benzene rings is 1. The molecular formula is C18H31IN4O2. The highest BCUT2D eigenvalue weighted by molar-refractivity contribution is 14.0. The smallest absolute Gasteiger partial charge is 0.191 e. The molecule has 1 aliphatic heterocycles. The van der Waals surface area contributed by atoms with Crippen LogP contribution in [0.25, 0.3) is 0 Å². The molecule has 1 fully saturated rings. The molecular weight excluding hydrogens is 431 g/mol. The van der Waals surface area contributed by atoms with Gasteiger partial charge in [0, 0.05) is 39.8 Å². The number of hydrogen-bond acceptors (Lipinski definition) is 4. The van der Waals surface area contributed by atoms with E-state index in [-0.39, 0.29) is 24.0 Å². The Morgan fingerprint density at radius 1 is 1.16 bits per heavy atom. The summed E-state index contributed by atoms with van der Waals surface area (Å²) in [5, 5.41) is 6.67. The third-order valence-corrected chi connectivity index (χ3v) is 3.95. The van der Waals surface area contributed by atoms with Crippen LogP contribution in [0.15, 0.2) is 29.3 Å². The van der Waals surface area contributed by atoms with Gasteiger partial charge in [-0.15, -0.1) is 24.0 Å². The van der Waals surface area contributed by atoms with E-state index in [4.69, 9.17) is 9.47 Å². The zero-order chi connectivity index (χ0) is 17.0. The fourth-order valence-electron chi connectivity index (χ4n) is 2.48. The number of nitrogens with zero attached hydrogens (tertiary/aromatic N) is 2. The number of nitrogens with one attached hydrogen (secondary N) is 2. The molecule has 0 radical (unpaired) electrons. The van der Waals surface area contributed by atoms with E-state index in [9.17, 15) is 0 Å². The minimum atomic E-state index is 0. The number of aliphatic imine (C=N–C) groups is 1. The van der Waals surface area contributed by atoms with Crippen molar-refractivity contribution in [1.29, 1.82) is 0 Å². The fourth-order valence-corrected chi connectivity index (χ4v) is 2.48. The summed E-state index contributed by atoms with van der Waals surface area (Å²) in [5.74, 6) is 1.77. The van der Waals surface area contributed by atoms with Crippen LogP contribution in [0, 0.1) is 6.92 Å². The summed E-state index contributed by atoms with van der Waals surface area (Å²) in [6, 6.07) is 8.14. The zero-order valence-electron chi connectivity index (χ0n) is 15.3. The van der Waals surface area contributed by atoms with Gasteiger partial charge in [0.25, 0.3) is 0 Å². The molecule has 0 aliphatic carbocycles. The lowest BCUT2D eigenvalue weighted by Crippen LogP contribution is -2.44. The third-order valence-electron chi connectivity index (χ3n) is 3.95. The van der Waals surface area contributed by atoms with E-state index in [1.54, 1.807) is 7.05 Å². The van der Waals surface area contributed by atoms with E-state index in [2.05, 4.69) is 39.6 Å². The maximum atomic E-state index is 5.72. The summed E-state index contributed by atoms with van der Waals surface area (Å²) in [4.78, 5) is 6.65. The standard InChI is InChI=1S/C18H30N4O2.HI/c1-16-4-6-17(7-5-16)24-13-3-8-20-18(19-2)21-9-10-22-11-14-23-15-12-22;/h4-7H,3,8-15H2,1-2H3,(H2,19,20,21);1H. The first kappa shape index (κ1) is 22.0. The number of halogens is 1. The Kier molecular flexibility index (Phi) is 11.6. The van der Waals surface area contributed by atoms with Crippen molar-refractivity contribution in [3.8, 4) is 5.75 Å². The Hall–Kier alpha value is -1.06. The first-order valence-electron chi connectivity index (χ1n) is 8.72. The van der Waals surface area contributed by atoms with Gasteiger partial charge in [-0.05, 0) is 25.5 Å². The van der Waals surface area contributed by atoms with Gasteiger partial charge in [0.2, 0.25) is 0 Å². The molecule has 0 atom stereocenters. The number of guanidine groups is 1. The molecule has 0 bridgehead atoms. The number of ether oxygens (including phenoxy) is 2. The minimum absolute atomic E-state index is 0. The van der Waals surface area contributed by atoms with Crippen LogP contribution in [0.5, 0.6) is 5.75 Å². The van der Waals surface area contributed by atoms with E-state index in [0.29, 0.717) is 6.61 Å². The molecule has 0 amide bonds. The largest absolute Gasteiger partial charge is 0.494 e. The van der Waals surface area contributed by atoms with Crippen LogP contribution in [0.4, 0.5) is 0 Å². The van der Waals surface area contributed by atoms with Crippen molar-refractivity contribution < 1.29 is 9.47 Å². The van der Waals surface area contributed by atoms with Crippen LogP contribution in [0.1, 0.15) is 12.0 Å². The molecule has 1 saturated heterocycles. The summed E-state index contributed by atoms with van der Waals surface area (Å²) in [5.41, 5.74) is 1.25. The monoisotopic (exact) mass is 462 g/mol. The number of hydrogen-bond donors (Lipinski definition) is 2. The molecule has 1 aromatic carbocycles. The van der Waals surface area contributed by atoms with E-state index >= 15 is 0 Å². The molecule has 0 spiro atoms. The molecule has 0 unspecified atom stereocenters. The predicted molar refractivity (Wildman–Crippen MR) is 113 cm³/mol. The summed E-state index contributed by atoms with van der Waals surface area (Å²) >= 11 is 0. The van der Waals surface area contributed by atoms with Crippen molar-refractivity contribution in [2.45, 2.75) is 13.3 Å². The van der Waals surface area contributed by atoms with Gasteiger partial charge in [-0.1, -0.05) is 17.7 Å². The number of morpholine rings is 1. The van der Waals surface area contributed by atoms with Gasteiger partial charge in [0.1, 0.15) is 5.75 Å². The first-order valence-corrected chi connectivity index (χ1v) is 8.72. The van der Waals surface area contributed by atoms with Crippen LogP contribution in [-0.4, -0.2) is 70.5 Å². The van der Waals surface area contributed by atoms with Crippen molar-refractivity contribution in [3.05, 3.63) is 29.8 Å². The highest BCUT2D eigenvalue weighted by atomic mass is 127. The normalized spacial score (nSPS) is 15.4. The summed E-state index contributed by atoms with van der Waals surface area (Å²) < 4.78 is 11.1. The average molecular weight is 462 g/mol. The highest BCUT2D eigenvalue weighted by Crippen LogP contribution is 2.11. The molecule has 1 aliphatic rings. The second-order valence-corrected chi connectivity index (χ2v) is 5.89. The molecule has 2 N–H and O–H groups in total. The molecule has 25 heavy (non-hydrogen) atoms. The molecule has 1 aromatic rings. The summed E-state index contributed by atoms with van der Waals surface area (Å²) in [6.07, 6.45) is 0.929. The van der Waals surface area contributed by atoms with Gasteiger partial charge in [0.15, 0.2) is 5.96 Å². The molecule has 7 heteroatoms. The number of rotatable bonds is 8. The lowest BCUT2D eigenvalue weighted by molar-refractivity contribution is 0.0389. The lowest BCUT2D eigenvalue weighted by atomic mass is 10.2. The van der Waals surface area contributed by atoms with Gasteiger partial charge in [0.05, 0.1) is 19.8 Å². The Bertz CT molecular complexity index is 490. The predicted octanol–water partition coefficient (Wildman–Crippen LogP) is 1.88. The van der Waals surface area contributed by atoms with Crippen LogP contribution in [0.3, 0.4) is 0 Å². The van der Waals surface area contributed by atoms with Gasteiger partial charge >= 0.3 is 0 Å². The molecule has 1 heterocycles. The molecule has 142 valence electrons. The van der Waals surface area contributed by atoms with Crippen molar-refractivity contribution in [2.75, 3.05) is 59.6 Å². The fraction of sp³-hybridized carbons (Fsp3) is 0.611. The van der Waals surface area contributed by atoms with E-state index < -0.39 is 0 Å².